The summed E-state index contributed by atoms with van der Waals surface area (Å²) >= 11 is 1.46. The molecule has 1 saturated carbocycles. The minimum Gasteiger partial charge on any atom is -0.426 e. The summed E-state index contributed by atoms with van der Waals surface area (Å²) in [6.07, 6.45) is 4.75. The Balaban J connectivity index is 1.69. The van der Waals surface area contributed by atoms with Crippen LogP contribution in [0.3, 0.4) is 0 Å². The van der Waals surface area contributed by atoms with E-state index < -0.39 is 22.6 Å². The van der Waals surface area contributed by atoms with Crippen molar-refractivity contribution in [3.05, 3.63) is 30.3 Å². The van der Waals surface area contributed by atoms with Crippen molar-refractivity contribution in [1.82, 2.24) is 5.32 Å². The Labute approximate surface area is 151 Å². The standard InChI is InChI=1S/C19H23NO4S/c1-2-3-4-8-11-25-19-14(16(21)20-18(19)23)12-15(19)17(22)24-13-9-6-5-7-10-13/h5-7,9-10,14-15H,2-4,8,11-12H2,1H3,(H,20,21,23)/t14-,15?,19-/m1/s1. The molecule has 1 aromatic rings. The molecule has 0 aromatic heterocycles. The van der Waals surface area contributed by atoms with Gasteiger partial charge in [0.05, 0.1) is 11.8 Å². The van der Waals surface area contributed by atoms with Crippen molar-refractivity contribution in [2.45, 2.75) is 43.8 Å². The first-order valence-electron chi connectivity index (χ1n) is 8.85. The second-order valence-electron chi connectivity index (χ2n) is 6.60. The lowest BCUT2D eigenvalue weighted by Gasteiger charge is -2.46. The quantitative estimate of drug-likeness (QED) is 0.334. The van der Waals surface area contributed by atoms with Crippen LogP contribution in [0.15, 0.2) is 30.3 Å². The third kappa shape index (κ3) is 3.32. The second kappa shape index (κ2) is 7.60. The molecule has 3 rings (SSSR count). The van der Waals surface area contributed by atoms with Gasteiger partial charge in [0.2, 0.25) is 11.8 Å². The van der Waals surface area contributed by atoms with Gasteiger partial charge < -0.3 is 4.74 Å². The topological polar surface area (TPSA) is 72.5 Å². The van der Waals surface area contributed by atoms with Crippen molar-refractivity contribution >= 4 is 29.5 Å². The van der Waals surface area contributed by atoms with Gasteiger partial charge in [-0.1, -0.05) is 44.4 Å². The van der Waals surface area contributed by atoms with E-state index in [-0.39, 0.29) is 11.8 Å². The van der Waals surface area contributed by atoms with E-state index in [1.165, 1.54) is 11.8 Å². The summed E-state index contributed by atoms with van der Waals surface area (Å²) in [6.45, 7) is 2.15. The number of carbonyl (C=O) groups is 3. The smallest absolute Gasteiger partial charge is 0.316 e. The van der Waals surface area contributed by atoms with E-state index in [4.69, 9.17) is 4.74 Å². The minimum absolute atomic E-state index is 0.255. The summed E-state index contributed by atoms with van der Waals surface area (Å²) in [5.74, 6) is -0.757. The molecule has 0 radical (unpaired) electrons. The van der Waals surface area contributed by atoms with Crippen LogP contribution in [0.2, 0.25) is 0 Å². The monoisotopic (exact) mass is 361 g/mol. The van der Waals surface area contributed by atoms with Crippen LogP contribution in [0, 0.1) is 11.8 Å². The van der Waals surface area contributed by atoms with Gasteiger partial charge in [0.25, 0.3) is 0 Å². The van der Waals surface area contributed by atoms with Crippen molar-refractivity contribution in [3.63, 3.8) is 0 Å². The number of rotatable bonds is 8. The summed E-state index contributed by atoms with van der Waals surface area (Å²) in [7, 11) is 0. The number of esters is 1. The number of hydrogen-bond acceptors (Lipinski definition) is 5. The van der Waals surface area contributed by atoms with Crippen LogP contribution < -0.4 is 10.1 Å². The van der Waals surface area contributed by atoms with Gasteiger partial charge in [-0.2, -0.15) is 0 Å². The van der Waals surface area contributed by atoms with Crippen LogP contribution in [0.4, 0.5) is 0 Å². The van der Waals surface area contributed by atoms with E-state index in [0.717, 1.165) is 31.4 Å². The lowest BCUT2D eigenvalue weighted by molar-refractivity contribution is -0.149. The Morgan fingerprint density at radius 1 is 1.24 bits per heavy atom. The Hall–Kier alpha value is -1.82. The molecule has 2 amide bonds. The Kier molecular flexibility index (Phi) is 5.47. The maximum absolute atomic E-state index is 12.6. The van der Waals surface area contributed by atoms with E-state index in [1.54, 1.807) is 24.3 Å². The Morgan fingerprint density at radius 3 is 2.68 bits per heavy atom. The van der Waals surface area contributed by atoms with Gasteiger partial charge in [-0.25, -0.2) is 0 Å². The van der Waals surface area contributed by atoms with E-state index in [0.29, 0.717) is 12.2 Å². The molecule has 6 heteroatoms. The highest BCUT2D eigenvalue weighted by molar-refractivity contribution is 8.01. The van der Waals surface area contributed by atoms with Crippen LogP contribution in [0.25, 0.3) is 0 Å². The number of carbonyl (C=O) groups excluding carboxylic acids is 3. The number of benzene rings is 1. The number of para-hydroxylation sites is 1. The molecule has 1 aliphatic carbocycles. The molecule has 2 fully saturated rings. The summed E-state index contributed by atoms with van der Waals surface area (Å²) in [5.41, 5.74) is 0. The molecule has 134 valence electrons. The van der Waals surface area contributed by atoms with Gasteiger partial charge in [0, 0.05) is 0 Å². The highest BCUT2D eigenvalue weighted by Crippen LogP contribution is 2.57. The van der Waals surface area contributed by atoms with E-state index in [1.807, 2.05) is 6.07 Å². The molecule has 0 bridgehead atoms. The zero-order valence-electron chi connectivity index (χ0n) is 14.3. The van der Waals surface area contributed by atoms with E-state index in [9.17, 15) is 14.4 Å². The predicted molar refractivity (Wildman–Crippen MR) is 96.2 cm³/mol. The SMILES string of the molecule is CCCCCCS[C@]12C(=O)NC(=O)[C@H]1CC2C(=O)Oc1ccccc1. The van der Waals surface area contributed by atoms with Crippen LogP contribution in [0.1, 0.15) is 39.0 Å². The Bertz CT molecular complexity index is 663. The highest BCUT2D eigenvalue weighted by Gasteiger charge is 2.70. The van der Waals surface area contributed by atoms with Crippen molar-refractivity contribution in [2.24, 2.45) is 11.8 Å². The second-order valence-corrected chi connectivity index (χ2v) is 7.97. The first kappa shape index (κ1) is 18.0. The number of unbranched alkanes of at least 4 members (excludes halogenated alkanes) is 3. The van der Waals surface area contributed by atoms with Gasteiger partial charge in [-0.3, -0.25) is 19.7 Å². The van der Waals surface area contributed by atoms with Crippen molar-refractivity contribution in [1.29, 1.82) is 0 Å². The molecule has 1 saturated heterocycles. The molecule has 1 heterocycles. The van der Waals surface area contributed by atoms with Crippen molar-refractivity contribution in [2.75, 3.05) is 5.75 Å². The number of ether oxygens (including phenoxy) is 1. The van der Waals surface area contributed by atoms with Gasteiger partial charge in [0.1, 0.15) is 10.5 Å². The molecule has 3 atom stereocenters. The van der Waals surface area contributed by atoms with Gasteiger partial charge in [0.15, 0.2) is 0 Å². The minimum atomic E-state index is -0.977. The van der Waals surface area contributed by atoms with Crippen LogP contribution >= 0.6 is 11.8 Å². The zero-order valence-corrected chi connectivity index (χ0v) is 15.1. The number of fused-ring (bicyclic) bond motifs is 1. The molecule has 0 spiro atoms. The fourth-order valence-corrected chi connectivity index (χ4v) is 5.23. The number of nitrogens with one attached hydrogen (secondary N) is 1. The molecule has 2 aliphatic rings. The molecule has 1 aromatic carbocycles. The first-order valence-corrected chi connectivity index (χ1v) is 9.84. The van der Waals surface area contributed by atoms with E-state index >= 15 is 0 Å². The molecular formula is C19H23NO4S. The average Bonchev–Trinajstić information content (AvgIpc) is 2.74. The number of imide groups is 1. The van der Waals surface area contributed by atoms with Crippen molar-refractivity contribution < 1.29 is 19.1 Å². The summed E-state index contributed by atoms with van der Waals surface area (Å²) < 4.78 is 4.46. The van der Waals surface area contributed by atoms with Crippen LogP contribution in [0.5, 0.6) is 5.75 Å². The summed E-state index contributed by atoms with van der Waals surface area (Å²) in [6, 6.07) is 8.83. The predicted octanol–water partition coefficient (Wildman–Crippen LogP) is 2.94. The maximum Gasteiger partial charge on any atom is 0.316 e. The van der Waals surface area contributed by atoms with Gasteiger partial charge in [-0.05, 0) is 30.7 Å². The Morgan fingerprint density at radius 2 is 2.00 bits per heavy atom. The third-order valence-electron chi connectivity index (χ3n) is 5.00. The zero-order chi connectivity index (χ0) is 17.9. The molecule has 1 unspecified atom stereocenters. The lowest BCUT2D eigenvalue weighted by atomic mass is 9.65. The van der Waals surface area contributed by atoms with Gasteiger partial charge >= 0.3 is 5.97 Å². The molecule has 1 N–H and O–H groups in total. The molecule has 1 aliphatic heterocycles. The van der Waals surface area contributed by atoms with Crippen molar-refractivity contribution in [3.8, 4) is 5.75 Å². The first-order chi connectivity index (χ1) is 12.1. The highest BCUT2D eigenvalue weighted by atomic mass is 32.2. The molecule has 5 nitrogen and oxygen atoms in total. The molecular weight excluding hydrogens is 338 g/mol. The number of amides is 2. The third-order valence-corrected chi connectivity index (χ3v) is 6.72. The van der Waals surface area contributed by atoms with Gasteiger partial charge in [-0.15, -0.1) is 11.8 Å². The molecule has 25 heavy (non-hydrogen) atoms. The summed E-state index contributed by atoms with van der Waals surface area (Å²) in [4.78, 5) is 37.1. The normalized spacial score (nSPS) is 27.4. The lowest BCUT2D eigenvalue weighted by Crippen LogP contribution is -2.59. The van der Waals surface area contributed by atoms with Crippen LogP contribution in [-0.2, 0) is 14.4 Å². The largest absolute Gasteiger partial charge is 0.426 e. The maximum atomic E-state index is 12.6. The number of thioether (sulfide) groups is 1. The van der Waals surface area contributed by atoms with E-state index in [2.05, 4.69) is 12.2 Å². The fourth-order valence-electron chi connectivity index (χ4n) is 3.57. The number of hydrogen-bond donors (Lipinski definition) is 1. The van der Waals surface area contributed by atoms with Crippen LogP contribution in [-0.4, -0.2) is 28.3 Å². The fraction of sp³-hybridized carbons (Fsp3) is 0.526. The summed E-state index contributed by atoms with van der Waals surface area (Å²) in [5, 5.41) is 2.41. The average molecular weight is 361 g/mol.